The maximum Gasteiger partial charge on any atom is 0.416 e. The molecule has 112 valence electrons. The lowest BCUT2D eigenvalue weighted by Crippen LogP contribution is -2.19. The van der Waals surface area contributed by atoms with Crippen molar-refractivity contribution in [2.45, 2.75) is 12.2 Å². The molecule has 0 aliphatic carbocycles. The summed E-state index contributed by atoms with van der Waals surface area (Å²) in [6.07, 6.45) is -4.36. The number of benzene rings is 2. The highest BCUT2D eigenvalue weighted by Gasteiger charge is 2.31. The summed E-state index contributed by atoms with van der Waals surface area (Å²) in [6.45, 7) is 0. The lowest BCUT2D eigenvalue weighted by atomic mass is 9.97. The van der Waals surface area contributed by atoms with Gasteiger partial charge >= 0.3 is 6.18 Å². The SMILES string of the molecule is CNC(c1cccc(C(F)(F)F)c1)c1cc(Cl)ccc1Br. The first-order valence-corrected chi connectivity index (χ1v) is 7.29. The molecule has 0 amide bonds. The van der Waals surface area contributed by atoms with Gasteiger partial charge in [0.2, 0.25) is 0 Å². The fraction of sp³-hybridized carbons (Fsp3) is 0.200. The van der Waals surface area contributed by atoms with Gasteiger partial charge in [0.15, 0.2) is 0 Å². The minimum absolute atomic E-state index is 0.389. The van der Waals surface area contributed by atoms with Gasteiger partial charge in [0.1, 0.15) is 0 Å². The van der Waals surface area contributed by atoms with Gasteiger partial charge in [-0.25, -0.2) is 0 Å². The molecule has 0 saturated heterocycles. The van der Waals surface area contributed by atoms with Crippen molar-refractivity contribution in [1.82, 2.24) is 5.32 Å². The highest BCUT2D eigenvalue weighted by Crippen LogP contribution is 2.34. The molecule has 2 rings (SSSR count). The third-order valence-corrected chi connectivity index (χ3v) is 4.06. The zero-order chi connectivity index (χ0) is 15.6. The quantitative estimate of drug-likeness (QED) is 0.751. The molecule has 0 fully saturated rings. The summed E-state index contributed by atoms with van der Waals surface area (Å²) in [5.41, 5.74) is 0.637. The lowest BCUT2D eigenvalue weighted by Gasteiger charge is -2.20. The smallest absolute Gasteiger partial charge is 0.309 e. The van der Waals surface area contributed by atoms with E-state index in [9.17, 15) is 13.2 Å². The second-order valence-electron chi connectivity index (χ2n) is 4.51. The fourth-order valence-electron chi connectivity index (χ4n) is 2.13. The Hall–Kier alpha value is -1.04. The van der Waals surface area contributed by atoms with Gasteiger partial charge in [-0.05, 0) is 48.5 Å². The molecule has 2 aromatic carbocycles. The summed E-state index contributed by atoms with van der Waals surface area (Å²) in [5.74, 6) is 0. The Bertz CT molecular complexity index is 643. The van der Waals surface area contributed by atoms with Crippen molar-refractivity contribution in [3.8, 4) is 0 Å². The van der Waals surface area contributed by atoms with Crippen LogP contribution in [0.2, 0.25) is 5.02 Å². The summed E-state index contributed by atoms with van der Waals surface area (Å²) < 4.78 is 39.3. The van der Waals surface area contributed by atoms with Crippen LogP contribution in [0.4, 0.5) is 13.2 Å². The van der Waals surface area contributed by atoms with Gasteiger partial charge in [-0.2, -0.15) is 13.2 Å². The topological polar surface area (TPSA) is 12.0 Å². The molecular formula is C15H12BrClF3N. The molecule has 1 N–H and O–H groups in total. The Morgan fingerprint density at radius 3 is 2.48 bits per heavy atom. The number of hydrogen-bond acceptors (Lipinski definition) is 1. The van der Waals surface area contributed by atoms with Gasteiger partial charge < -0.3 is 5.32 Å². The standard InChI is InChI=1S/C15H12BrClF3N/c1-21-14(12-8-11(17)5-6-13(12)16)9-3-2-4-10(7-9)15(18,19)20/h2-8,14,21H,1H3. The molecule has 0 radical (unpaired) electrons. The van der Waals surface area contributed by atoms with Crippen molar-refractivity contribution in [2.75, 3.05) is 7.05 Å². The molecule has 2 aromatic rings. The number of alkyl halides is 3. The monoisotopic (exact) mass is 377 g/mol. The number of rotatable bonds is 3. The minimum atomic E-state index is -4.36. The van der Waals surface area contributed by atoms with Crippen molar-refractivity contribution < 1.29 is 13.2 Å². The third kappa shape index (κ3) is 3.78. The van der Waals surface area contributed by atoms with Crippen LogP contribution in [-0.4, -0.2) is 7.05 Å². The van der Waals surface area contributed by atoms with Crippen LogP contribution < -0.4 is 5.32 Å². The Balaban J connectivity index is 2.49. The van der Waals surface area contributed by atoms with Gasteiger partial charge in [0.05, 0.1) is 11.6 Å². The molecule has 21 heavy (non-hydrogen) atoms. The Morgan fingerprint density at radius 2 is 1.86 bits per heavy atom. The van der Waals surface area contributed by atoms with E-state index in [1.54, 1.807) is 31.3 Å². The minimum Gasteiger partial charge on any atom is -0.309 e. The van der Waals surface area contributed by atoms with Gasteiger partial charge in [-0.1, -0.05) is 39.7 Å². The molecule has 0 aliphatic heterocycles. The Labute approximate surface area is 134 Å². The molecule has 0 heterocycles. The predicted octanol–water partition coefficient (Wildman–Crippen LogP) is 5.43. The summed E-state index contributed by atoms with van der Waals surface area (Å²) in [6, 6.07) is 10.1. The summed E-state index contributed by atoms with van der Waals surface area (Å²) in [5, 5.41) is 3.55. The fourth-order valence-corrected chi connectivity index (χ4v) is 2.79. The normalized spacial score (nSPS) is 13.2. The number of halogens is 5. The second-order valence-corrected chi connectivity index (χ2v) is 5.80. The van der Waals surface area contributed by atoms with Crippen molar-refractivity contribution >= 4 is 27.5 Å². The maximum absolute atomic E-state index is 12.8. The third-order valence-electron chi connectivity index (χ3n) is 3.11. The van der Waals surface area contributed by atoms with E-state index in [-0.39, 0.29) is 6.04 Å². The first-order chi connectivity index (χ1) is 9.82. The van der Waals surface area contributed by atoms with Gasteiger partial charge in [-0.3, -0.25) is 0 Å². The molecule has 0 spiro atoms. The first kappa shape index (κ1) is 16.3. The Morgan fingerprint density at radius 1 is 1.14 bits per heavy atom. The maximum atomic E-state index is 12.8. The lowest BCUT2D eigenvalue weighted by molar-refractivity contribution is -0.137. The Kier molecular flexibility index (Phi) is 4.96. The van der Waals surface area contributed by atoms with E-state index >= 15 is 0 Å². The van der Waals surface area contributed by atoms with E-state index in [0.717, 1.165) is 22.2 Å². The molecule has 1 nitrogen and oxygen atoms in total. The van der Waals surface area contributed by atoms with Crippen LogP contribution in [0.15, 0.2) is 46.9 Å². The van der Waals surface area contributed by atoms with Crippen molar-refractivity contribution in [3.05, 3.63) is 68.7 Å². The van der Waals surface area contributed by atoms with Crippen LogP contribution >= 0.6 is 27.5 Å². The van der Waals surface area contributed by atoms with E-state index in [2.05, 4.69) is 21.2 Å². The first-order valence-electron chi connectivity index (χ1n) is 6.12. The van der Waals surface area contributed by atoms with Crippen molar-refractivity contribution in [3.63, 3.8) is 0 Å². The highest BCUT2D eigenvalue weighted by atomic mass is 79.9. The van der Waals surface area contributed by atoms with Crippen LogP contribution in [-0.2, 0) is 6.18 Å². The summed E-state index contributed by atoms with van der Waals surface area (Å²) in [4.78, 5) is 0. The van der Waals surface area contributed by atoms with E-state index in [1.165, 1.54) is 6.07 Å². The molecule has 1 unspecified atom stereocenters. The summed E-state index contributed by atoms with van der Waals surface area (Å²) >= 11 is 9.39. The second kappa shape index (κ2) is 6.38. The molecule has 0 bridgehead atoms. The highest BCUT2D eigenvalue weighted by molar-refractivity contribution is 9.10. The van der Waals surface area contributed by atoms with E-state index in [0.29, 0.717) is 10.6 Å². The van der Waals surface area contributed by atoms with Crippen LogP contribution in [0.25, 0.3) is 0 Å². The van der Waals surface area contributed by atoms with E-state index in [1.807, 2.05) is 0 Å². The zero-order valence-electron chi connectivity index (χ0n) is 11.0. The molecule has 0 aliphatic rings. The molecule has 0 saturated carbocycles. The average molecular weight is 379 g/mol. The van der Waals surface area contributed by atoms with Gasteiger partial charge in [0, 0.05) is 9.50 Å². The molecular weight excluding hydrogens is 367 g/mol. The molecule has 0 aromatic heterocycles. The molecule has 1 atom stereocenters. The van der Waals surface area contributed by atoms with Crippen LogP contribution in [0.1, 0.15) is 22.7 Å². The van der Waals surface area contributed by atoms with Crippen LogP contribution in [0, 0.1) is 0 Å². The van der Waals surface area contributed by atoms with Crippen LogP contribution in [0.3, 0.4) is 0 Å². The largest absolute Gasteiger partial charge is 0.416 e. The van der Waals surface area contributed by atoms with Crippen molar-refractivity contribution in [1.29, 1.82) is 0 Å². The van der Waals surface area contributed by atoms with Crippen LogP contribution in [0.5, 0.6) is 0 Å². The number of nitrogens with one attached hydrogen (secondary N) is 1. The summed E-state index contributed by atoms with van der Waals surface area (Å²) in [7, 11) is 1.69. The average Bonchev–Trinajstić information content (AvgIpc) is 2.43. The van der Waals surface area contributed by atoms with E-state index in [4.69, 9.17) is 11.6 Å². The van der Waals surface area contributed by atoms with E-state index < -0.39 is 11.7 Å². The predicted molar refractivity (Wildman–Crippen MR) is 81.5 cm³/mol. The van der Waals surface area contributed by atoms with Crippen molar-refractivity contribution in [2.24, 2.45) is 0 Å². The number of hydrogen-bond donors (Lipinski definition) is 1. The molecule has 6 heteroatoms. The zero-order valence-corrected chi connectivity index (χ0v) is 13.4. The van der Waals surface area contributed by atoms with Gasteiger partial charge in [0.25, 0.3) is 0 Å². The van der Waals surface area contributed by atoms with Gasteiger partial charge in [-0.15, -0.1) is 0 Å².